The van der Waals surface area contributed by atoms with Crippen LogP contribution in [0.15, 0.2) is 0 Å². The first-order valence-electron chi connectivity index (χ1n) is 3.71. The fourth-order valence-electron chi connectivity index (χ4n) is 0.657. The summed E-state index contributed by atoms with van der Waals surface area (Å²) in [7, 11) is 1.59. The van der Waals surface area contributed by atoms with Crippen molar-refractivity contribution in [3.05, 3.63) is 0 Å². The van der Waals surface area contributed by atoms with Crippen molar-refractivity contribution in [2.24, 2.45) is 0 Å². The monoisotopic (exact) mass is 160 g/mol. The molecule has 0 aromatic heterocycles. The second-order valence-corrected chi connectivity index (χ2v) is 2.59. The van der Waals surface area contributed by atoms with Crippen LogP contribution in [0, 0.1) is 0 Å². The summed E-state index contributed by atoms with van der Waals surface area (Å²) >= 11 is 0. The van der Waals surface area contributed by atoms with Gasteiger partial charge in [0, 0.05) is 13.6 Å². The molecule has 0 heterocycles. The van der Waals surface area contributed by atoms with E-state index in [0.717, 1.165) is 0 Å². The third-order valence-electron chi connectivity index (χ3n) is 1.36. The van der Waals surface area contributed by atoms with Crippen LogP contribution in [0.4, 0.5) is 0 Å². The largest absolute Gasteiger partial charge is 0.392 e. The van der Waals surface area contributed by atoms with Gasteiger partial charge in [-0.3, -0.25) is 4.79 Å². The summed E-state index contributed by atoms with van der Waals surface area (Å²) < 4.78 is 0. The highest BCUT2D eigenvalue weighted by Gasteiger charge is 2.09. The molecule has 0 aromatic rings. The zero-order chi connectivity index (χ0) is 8.85. The molecule has 3 N–H and O–H groups in total. The summed E-state index contributed by atoms with van der Waals surface area (Å²) in [5, 5.41) is 14.2. The van der Waals surface area contributed by atoms with Crippen molar-refractivity contribution in [1.29, 1.82) is 0 Å². The molecule has 0 saturated heterocycles. The summed E-state index contributed by atoms with van der Waals surface area (Å²) in [6.07, 6.45) is -0.415. The molecule has 0 aromatic carbocycles. The minimum absolute atomic E-state index is 0.0642. The average molecular weight is 160 g/mol. The summed E-state index contributed by atoms with van der Waals surface area (Å²) in [6, 6.07) is -0.241. The first kappa shape index (κ1) is 10.4. The molecular formula is C7H16N2O2. The second-order valence-electron chi connectivity index (χ2n) is 2.59. The van der Waals surface area contributed by atoms with Crippen molar-refractivity contribution in [3.8, 4) is 0 Å². The Balaban J connectivity index is 3.52. The van der Waals surface area contributed by atoms with Gasteiger partial charge in [-0.2, -0.15) is 0 Å². The lowest BCUT2D eigenvalue weighted by Crippen LogP contribution is -2.43. The van der Waals surface area contributed by atoms with Gasteiger partial charge < -0.3 is 15.7 Å². The molecule has 0 fully saturated rings. The Morgan fingerprint density at radius 1 is 1.55 bits per heavy atom. The van der Waals surface area contributed by atoms with Gasteiger partial charge in [-0.1, -0.05) is 0 Å². The van der Waals surface area contributed by atoms with E-state index in [4.69, 9.17) is 5.11 Å². The number of aliphatic hydroxyl groups excluding tert-OH is 1. The number of carbonyl (C=O) groups excluding carboxylic acids is 1. The number of nitrogens with one attached hydrogen (secondary N) is 2. The first-order valence-corrected chi connectivity index (χ1v) is 3.71. The third kappa shape index (κ3) is 4.75. The fourth-order valence-corrected chi connectivity index (χ4v) is 0.657. The van der Waals surface area contributed by atoms with Gasteiger partial charge >= 0.3 is 0 Å². The standard InChI is InChI=1S/C7H16N2O2/c1-5(10)4-9-6(2)7(11)8-3/h5-6,9-10H,4H2,1-3H3,(H,8,11)/t5-,6?/m0/s1. The number of amides is 1. The molecule has 11 heavy (non-hydrogen) atoms. The van der Waals surface area contributed by atoms with Crippen LogP contribution in [0.5, 0.6) is 0 Å². The van der Waals surface area contributed by atoms with Gasteiger partial charge in [0.1, 0.15) is 0 Å². The van der Waals surface area contributed by atoms with Gasteiger partial charge in [0.05, 0.1) is 12.1 Å². The maximum atomic E-state index is 10.9. The molecule has 4 heteroatoms. The number of hydrogen-bond donors (Lipinski definition) is 3. The molecule has 0 aliphatic heterocycles. The topological polar surface area (TPSA) is 61.4 Å². The van der Waals surface area contributed by atoms with E-state index in [0.29, 0.717) is 6.54 Å². The van der Waals surface area contributed by atoms with Gasteiger partial charge in [-0.25, -0.2) is 0 Å². The molecular weight excluding hydrogens is 144 g/mol. The Hall–Kier alpha value is -0.610. The van der Waals surface area contributed by atoms with Gasteiger partial charge in [0.25, 0.3) is 0 Å². The summed E-state index contributed by atoms with van der Waals surface area (Å²) in [4.78, 5) is 10.9. The van der Waals surface area contributed by atoms with Gasteiger partial charge in [0.15, 0.2) is 0 Å². The highest BCUT2D eigenvalue weighted by Crippen LogP contribution is 1.82. The number of carbonyl (C=O) groups is 1. The second kappa shape index (κ2) is 5.09. The number of hydrogen-bond acceptors (Lipinski definition) is 3. The molecule has 0 aliphatic rings. The number of rotatable bonds is 4. The van der Waals surface area contributed by atoms with E-state index in [1.165, 1.54) is 0 Å². The smallest absolute Gasteiger partial charge is 0.236 e. The van der Waals surface area contributed by atoms with Crippen molar-refractivity contribution >= 4 is 5.91 Å². The van der Waals surface area contributed by atoms with Crippen LogP contribution in [0.2, 0.25) is 0 Å². The van der Waals surface area contributed by atoms with Crippen LogP contribution in [-0.4, -0.2) is 36.8 Å². The molecule has 0 aliphatic carbocycles. The lowest BCUT2D eigenvalue weighted by atomic mass is 10.3. The molecule has 0 rings (SSSR count). The molecule has 0 saturated carbocycles. The third-order valence-corrected chi connectivity index (χ3v) is 1.36. The molecule has 1 amide bonds. The number of aliphatic hydroxyl groups is 1. The molecule has 66 valence electrons. The zero-order valence-electron chi connectivity index (χ0n) is 7.22. The van der Waals surface area contributed by atoms with E-state index in [2.05, 4.69) is 10.6 Å². The van der Waals surface area contributed by atoms with Gasteiger partial charge in [0.2, 0.25) is 5.91 Å². The first-order chi connectivity index (χ1) is 5.07. The Labute approximate surface area is 67.0 Å². The SMILES string of the molecule is CNC(=O)C(C)NC[C@H](C)O. The van der Waals surface area contributed by atoms with Crippen LogP contribution in [0.25, 0.3) is 0 Å². The van der Waals surface area contributed by atoms with E-state index in [-0.39, 0.29) is 11.9 Å². The molecule has 4 nitrogen and oxygen atoms in total. The lowest BCUT2D eigenvalue weighted by molar-refractivity contribution is -0.122. The summed E-state index contributed by atoms with van der Waals surface area (Å²) in [5.74, 6) is -0.0642. The van der Waals surface area contributed by atoms with Crippen molar-refractivity contribution in [2.75, 3.05) is 13.6 Å². The van der Waals surface area contributed by atoms with Gasteiger partial charge in [-0.15, -0.1) is 0 Å². The minimum Gasteiger partial charge on any atom is -0.392 e. The van der Waals surface area contributed by atoms with Crippen molar-refractivity contribution in [3.63, 3.8) is 0 Å². The predicted octanol–water partition coefficient (Wildman–Crippen LogP) is -0.909. The van der Waals surface area contributed by atoms with Crippen LogP contribution >= 0.6 is 0 Å². The van der Waals surface area contributed by atoms with E-state index in [1.54, 1.807) is 20.9 Å². The Morgan fingerprint density at radius 3 is 2.45 bits per heavy atom. The normalized spacial score (nSPS) is 15.6. The zero-order valence-corrected chi connectivity index (χ0v) is 7.22. The Kier molecular flexibility index (Phi) is 4.81. The predicted molar refractivity (Wildman–Crippen MR) is 43.2 cm³/mol. The Bertz CT molecular complexity index is 126. The number of likely N-dealkylation sites (N-methyl/N-ethyl adjacent to an activating group) is 1. The lowest BCUT2D eigenvalue weighted by Gasteiger charge is -2.12. The van der Waals surface area contributed by atoms with E-state index < -0.39 is 6.10 Å². The minimum atomic E-state index is -0.415. The quantitative estimate of drug-likeness (QED) is 0.499. The van der Waals surface area contributed by atoms with Crippen LogP contribution in [0.1, 0.15) is 13.8 Å². The highest BCUT2D eigenvalue weighted by molar-refractivity contribution is 5.80. The van der Waals surface area contributed by atoms with Crippen molar-refractivity contribution in [1.82, 2.24) is 10.6 Å². The molecule has 1 unspecified atom stereocenters. The van der Waals surface area contributed by atoms with Crippen LogP contribution in [-0.2, 0) is 4.79 Å². The van der Waals surface area contributed by atoms with E-state index in [9.17, 15) is 4.79 Å². The average Bonchev–Trinajstić information content (AvgIpc) is 1.98. The van der Waals surface area contributed by atoms with Crippen molar-refractivity contribution in [2.45, 2.75) is 26.0 Å². The molecule has 2 atom stereocenters. The van der Waals surface area contributed by atoms with Crippen molar-refractivity contribution < 1.29 is 9.90 Å². The van der Waals surface area contributed by atoms with E-state index >= 15 is 0 Å². The highest BCUT2D eigenvalue weighted by atomic mass is 16.3. The van der Waals surface area contributed by atoms with Crippen LogP contribution in [0.3, 0.4) is 0 Å². The maximum absolute atomic E-state index is 10.9. The molecule has 0 spiro atoms. The molecule has 0 bridgehead atoms. The maximum Gasteiger partial charge on any atom is 0.236 e. The Morgan fingerprint density at radius 2 is 2.09 bits per heavy atom. The molecule has 0 radical (unpaired) electrons. The van der Waals surface area contributed by atoms with Gasteiger partial charge in [-0.05, 0) is 13.8 Å². The van der Waals surface area contributed by atoms with Crippen LogP contribution < -0.4 is 10.6 Å². The fraction of sp³-hybridized carbons (Fsp3) is 0.857. The van der Waals surface area contributed by atoms with E-state index in [1.807, 2.05) is 0 Å². The summed E-state index contributed by atoms with van der Waals surface area (Å²) in [6.45, 7) is 3.86. The summed E-state index contributed by atoms with van der Waals surface area (Å²) in [5.41, 5.74) is 0.